The van der Waals surface area contributed by atoms with Crippen molar-refractivity contribution in [3.05, 3.63) is 94.3 Å². The fourth-order valence-electron chi connectivity index (χ4n) is 6.21. The lowest BCUT2D eigenvalue weighted by Crippen LogP contribution is -2.53. The molecule has 0 aromatic heterocycles. The van der Waals surface area contributed by atoms with E-state index < -0.39 is 11.4 Å². The minimum atomic E-state index is -1.13. The summed E-state index contributed by atoms with van der Waals surface area (Å²) < 4.78 is 20.1. The van der Waals surface area contributed by atoms with Crippen molar-refractivity contribution in [3.63, 3.8) is 0 Å². The number of ether oxygens (including phenoxy) is 1. The number of methoxy groups -OCH3 is 1. The molecular weight excluding hydrogens is 535 g/mol. The van der Waals surface area contributed by atoms with E-state index in [0.717, 1.165) is 29.5 Å². The minimum Gasteiger partial charge on any atom is -0.496 e. The van der Waals surface area contributed by atoms with Crippen molar-refractivity contribution in [3.8, 4) is 5.75 Å². The summed E-state index contributed by atoms with van der Waals surface area (Å²) in [5, 5.41) is 12.2. The van der Waals surface area contributed by atoms with Crippen LogP contribution < -0.4 is 10.1 Å². The van der Waals surface area contributed by atoms with Gasteiger partial charge in [-0.3, -0.25) is 9.59 Å². The molecule has 0 bridgehead atoms. The molecule has 8 heteroatoms. The van der Waals surface area contributed by atoms with Gasteiger partial charge in [-0.05, 0) is 73.9 Å². The molecule has 7 nitrogen and oxygen atoms in total. The summed E-state index contributed by atoms with van der Waals surface area (Å²) in [6.07, 6.45) is 2.43. The summed E-state index contributed by atoms with van der Waals surface area (Å²) in [5.74, 6) is -1.54. The Hall–Kier alpha value is -4.20. The van der Waals surface area contributed by atoms with Gasteiger partial charge in [-0.2, -0.15) is 0 Å². The molecule has 1 aliphatic carbocycles. The van der Waals surface area contributed by atoms with Gasteiger partial charge in [0.1, 0.15) is 17.1 Å². The third-order valence-electron chi connectivity index (χ3n) is 8.59. The van der Waals surface area contributed by atoms with Crippen molar-refractivity contribution in [1.82, 2.24) is 4.90 Å². The van der Waals surface area contributed by atoms with Gasteiger partial charge in [0.25, 0.3) is 0 Å². The number of aromatic carboxylic acids is 1. The number of carboxylic acid groups (broad SMARTS) is 1. The predicted molar refractivity (Wildman–Crippen MR) is 158 cm³/mol. The number of rotatable bonds is 9. The van der Waals surface area contributed by atoms with Crippen LogP contribution in [0.4, 0.5) is 10.1 Å². The first-order chi connectivity index (χ1) is 20.0. The summed E-state index contributed by atoms with van der Waals surface area (Å²) in [4.78, 5) is 41.2. The Bertz CT molecular complexity index is 1530. The number of carbonyl (C=O) groups excluding carboxylic acids is 2. The van der Waals surface area contributed by atoms with Crippen LogP contribution in [-0.2, 0) is 9.59 Å². The van der Waals surface area contributed by atoms with Crippen LogP contribution in [0.25, 0.3) is 0 Å². The van der Waals surface area contributed by atoms with Crippen LogP contribution in [0.1, 0.15) is 77.2 Å². The molecule has 0 radical (unpaired) electrons. The first-order valence-electron chi connectivity index (χ1n) is 14.3. The predicted octanol–water partition coefficient (Wildman–Crippen LogP) is 6.65. The van der Waals surface area contributed by atoms with Crippen LogP contribution in [0.5, 0.6) is 5.75 Å². The molecule has 2 unspecified atom stereocenters. The van der Waals surface area contributed by atoms with Crippen molar-refractivity contribution < 1.29 is 28.6 Å². The van der Waals surface area contributed by atoms with Gasteiger partial charge >= 0.3 is 5.97 Å². The van der Waals surface area contributed by atoms with E-state index in [1.54, 1.807) is 19.1 Å². The molecule has 3 aromatic rings. The Balaban J connectivity index is 1.50. The van der Waals surface area contributed by atoms with Crippen LogP contribution in [-0.4, -0.2) is 41.4 Å². The number of anilines is 1. The van der Waals surface area contributed by atoms with Crippen LogP contribution in [0.3, 0.4) is 0 Å². The van der Waals surface area contributed by atoms with Crippen LogP contribution in [0, 0.1) is 31.0 Å². The number of piperidine rings is 1. The Labute approximate surface area is 245 Å². The van der Waals surface area contributed by atoms with Gasteiger partial charge in [-0.15, -0.1) is 0 Å². The second kappa shape index (κ2) is 11.6. The van der Waals surface area contributed by atoms with Crippen molar-refractivity contribution in [2.45, 2.75) is 58.4 Å². The maximum atomic E-state index is 14.9. The number of hydrogen-bond acceptors (Lipinski definition) is 4. The number of nitrogens with zero attached hydrogens (tertiary/aromatic N) is 1. The van der Waals surface area contributed by atoms with E-state index in [0.29, 0.717) is 30.1 Å². The van der Waals surface area contributed by atoms with E-state index in [2.05, 4.69) is 17.4 Å². The number of aryl methyl sites for hydroxylation is 2. The van der Waals surface area contributed by atoms with Gasteiger partial charge < -0.3 is 20.1 Å². The van der Waals surface area contributed by atoms with Crippen molar-refractivity contribution >= 4 is 23.5 Å². The molecule has 42 heavy (non-hydrogen) atoms. The van der Waals surface area contributed by atoms with E-state index in [1.165, 1.54) is 25.3 Å². The van der Waals surface area contributed by atoms with Crippen molar-refractivity contribution in [1.29, 1.82) is 0 Å². The maximum absolute atomic E-state index is 14.9. The fourth-order valence-corrected chi connectivity index (χ4v) is 6.21. The standard InChI is InChI=1S/C34H37FN2O5/c1-20-6-5-7-23(14-20)27-17-34(3,18-30(38)36-25-12-13-26(32(39)40)29(16-25)42-4)33(41)37(19-22-9-10-22)31(27)24-11-8-21(2)28(35)15-24/h5-8,11-16,22,27,31H,9-10,17-19H2,1-4H3,(H,36,38)(H,39,40)/t27-,31?,34?/m1/s1. The molecule has 5 rings (SSSR count). The number of carboxylic acids is 1. The molecule has 220 valence electrons. The lowest BCUT2D eigenvalue weighted by Gasteiger charge is -2.49. The monoisotopic (exact) mass is 572 g/mol. The van der Waals surface area contributed by atoms with Gasteiger partial charge in [0.15, 0.2) is 0 Å². The SMILES string of the molecule is COc1cc(NC(=O)CC2(C)C[C@H](c3cccc(C)c3)C(c3ccc(C)c(F)c3)N(CC3CC3)C2=O)ccc1C(=O)O. The smallest absolute Gasteiger partial charge is 0.339 e. The van der Waals surface area contributed by atoms with Gasteiger partial charge in [-0.1, -0.05) is 48.9 Å². The van der Waals surface area contributed by atoms with Crippen LogP contribution in [0.15, 0.2) is 60.7 Å². The minimum absolute atomic E-state index is 0.0137. The summed E-state index contributed by atoms with van der Waals surface area (Å²) in [6.45, 7) is 6.16. The zero-order valence-corrected chi connectivity index (χ0v) is 24.4. The molecule has 1 heterocycles. The third-order valence-corrected chi connectivity index (χ3v) is 8.59. The van der Waals surface area contributed by atoms with Gasteiger partial charge in [0, 0.05) is 30.6 Å². The quantitative estimate of drug-likeness (QED) is 0.299. The molecule has 1 aliphatic heterocycles. The molecule has 0 spiro atoms. The van der Waals surface area contributed by atoms with E-state index in [1.807, 2.05) is 36.9 Å². The summed E-state index contributed by atoms with van der Waals surface area (Å²) in [5.41, 5.74) is 2.80. The second-order valence-electron chi connectivity index (χ2n) is 12.1. The van der Waals surface area contributed by atoms with Crippen molar-refractivity contribution in [2.24, 2.45) is 11.3 Å². The lowest BCUT2D eigenvalue weighted by atomic mass is 9.67. The first kappa shape index (κ1) is 29.3. The molecular formula is C34H37FN2O5. The van der Waals surface area contributed by atoms with E-state index in [4.69, 9.17) is 4.74 Å². The number of hydrogen-bond donors (Lipinski definition) is 2. The Morgan fingerprint density at radius 3 is 2.48 bits per heavy atom. The molecule has 2 fully saturated rings. The highest BCUT2D eigenvalue weighted by Gasteiger charge is 2.51. The number of benzene rings is 3. The van der Waals surface area contributed by atoms with E-state index >= 15 is 0 Å². The average Bonchev–Trinajstić information content (AvgIpc) is 3.77. The highest BCUT2D eigenvalue weighted by Crippen LogP contribution is 2.52. The zero-order chi connectivity index (χ0) is 30.2. The second-order valence-corrected chi connectivity index (χ2v) is 12.1. The normalized spacial score (nSPS) is 22.1. The Morgan fingerprint density at radius 1 is 1.07 bits per heavy atom. The topological polar surface area (TPSA) is 95.9 Å². The number of amides is 2. The Morgan fingerprint density at radius 2 is 1.83 bits per heavy atom. The molecule has 1 saturated carbocycles. The van der Waals surface area contributed by atoms with Gasteiger partial charge in [-0.25, -0.2) is 9.18 Å². The third kappa shape index (κ3) is 6.03. The van der Waals surface area contributed by atoms with Crippen LogP contribution in [0.2, 0.25) is 0 Å². The fraction of sp³-hybridized carbons (Fsp3) is 0.382. The average molecular weight is 573 g/mol. The number of likely N-dealkylation sites (tertiary alicyclic amines) is 1. The number of halogens is 1. The van der Waals surface area contributed by atoms with E-state index in [-0.39, 0.29) is 47.3 Å². The highest BCUT2D eigenvalue weighted by atomic mass is 19.1. The molecule has 2 N–H and O–H groups in total. The maximum Gasteiger partial charge on any atom is 0.339 e. The molecule has 2 aliphatic rings. The molecule has 3 aromatic carbocycles. The zero-order valence-electron chi connectivity index (χ0n) is 24.4. The first-order valence-corrected chi connectivity index (χ1v) is 14.3. The van der Waals surface area contributed by atoms with E-state index in [9.17, 15) is 23.9 Å². The number of carbonyl (C=O) groups is 3. The molecule has 3 atom stereocenters. The van der Waals surface area contributed by atoms with Crippen LogP contribution >= 0.6 is 0 Å². The van der Waals surface area contributed by atoms with Gasteiger partial charge in [0.2, 0.25) is 11.8 Å². The molecule has 2 amide bonds. The Kier molecular flexibility index (Phi) is 8.08. The number of nitrogens with one attached hydrogen (secondary N) is 1. The lowest BCUT2D eigenvalue weighted by molar-refractivity contribution is -0.153. The summed E-state index contributed by atoms with van der Waals surface area (Å²) in [6, 6.07) is 17.4. The summed E-state index contributed by atoms with van der Waals surface area (Å²) >= 11 is 0. The summed E-state index contributed by atoms with van der Waals surface area (Å²) in [7, 11) is 1.37. The largest absolute Gasteiger partial charge is 0.496 e. The molecule has 1 saturated heterocycles. The van der Waals surface area contributed by atoms with Gasteiger partial charge in [0.05, 0.1) is 18.6 Å². The highest BCUT2D eigenvalue weighted by molar-refractivity contribution is 5.97. The van der Waals surface area contributed by atoms with Crippen molar-refractivity contribution in [2.75, 3.05) is 19.0 Å².